The molecule has 5 atom stereocenters. The van der Waals surface area contributed by atoms with Crippen LogP contribution in [0.1, 0.15) is 72.6 Å². The van der Waals surface area contributed by atoms with Crippen molar-refractivity contribution in [2.45, 2.75) is 90.8 Å². The first-order valence-corrected chi connectivity index (χ1v) is 8.78. The summed E-state index contributed by atoms with van der Waals surface area (Å²) in [6, 6.07) is 1.74. The van der Waals surface area contributed by atoms with E-state index in [2.05, 4.69) is 39.6 Å². The van der Waals surface area contributed by atoms with E-state index in [0.29, 0.717) is 17.5 Å². The molecule has 2 aliphatic carbocycles. The lowest BCUT2D eigenvalue weighted by molar-refractivity contribution is 0.0314. The highest BCUT2D eigenvalue weighted by Gasteiger charge is 2.39. The summed E-state index contributed by atoms with van der Waals surface area (Å²) in [6.07, 6.45) is 9.43. The molecule has 2 rings (SSSR count). The monoisotopic (exact) mass is 280 g/mol. The molecule has 20 heavy (non-hydrogen) atoms. The second-order valence-corrected chi connectivity index (χ2v) is 8.60. The van der Waals surface area contributed by atoms with Gasteiger partial charge in [-0.3, -0.25) is 4.90 Å². The van der Waals surface area contributed by atoms with Gasteiger partial charge in [0.25, 0.3) is 0 Å². The molecule has 5 unspecified atom stereocenters. The first-order chi connectivity index (χ1) is 9.30. The maximum absolute atomic E-state index is 6.50. The van der Waals surface area contributed by atoms with Crippen LogP contribution in [-0.4, -0.2) is 30.1 Å². The van der Waals surface area contributed by atoms with E-state index in [1.807, 2.05) is 0 Å². The third kappa shape index (κ3) is 3.57. The first kappa shape index (κ1) is 16.3. The average Bonchev–Trinajstić information content (AvgIpc) is 2.37. The Morgan fingerprint density at radius 2 is 1.60 bits per heavy atom. The van der Waals surface area contributed by atoms with Crippen LogP contribution in [0.25, 0.3) is 0 Å². The predicted molar refractivity (Wildman–Crippen MR) is 87.7 cm³/mol. The highest BCUT2D eigenvalue weighted by Crippen LogP contribution is 2.40. The van der Waals surface area contributed by atoms with E-state index in [4.69, 9.17) is 5.73 Å². The highest BCUT2D eigenvalue weighted by molar-refractivity contribution is 4.95. The van der Waals surface area contributed by atoms with Crippen LogP contribution in [-0.2, 0) is 0 Å². The van der Waals surface area contributed by atoms with Gasteiger partial charge in [0.1, 0.15) is 0 Å². The summed E-state index contributed by atoms with van der Waals surface area (Å²) in [6.45, 7) is 9.63. The summed E-state index contributed by atoms with van der Waals surface area (Å²) in [5, 5.41) is 0. The largest absolute Gasteiger partial charge is 0.326 e. The smallest absolute Gasteiger partial charge is 0.0250 e. The molecule has 0 amide bonds. The van der Waals surface area contributed by atoms with Crippen molar-refractivity contribution in [3.05, 3.63) is 0 Å². The second kappa shape index (κ2) is 6.36. The SMILES string of the molecule is CC1CCCCC1N(C)C1CC(C(C)(C)C)CCC1N. The Balaban J connectivity index is 2.04. The summed E-state index contributed by atoms with van der Waals surface area (Å²) in [4.78, 5) is 2.67. The van der Waals surface area contributed by atoms with Gasteiger partial charge >= 0.3 is 0 Å². The minimum Gasteiger partial charge on any atom is -0.326 e. The summed E-state index contributed by atoms with van der Waals surface area (Å²) >= 11 is 0. The number of rotatable bonds is 2. The topological polar surface area (TPSA) is 29.3 Å². The maximum Gasteiger partial charge on any atom is 0.0250 e. The van der Waals surface area contributed by atoms with Gasteiger partial charge in [-0.2, -0.15) is 0 Å². The van der Waals surface area contributed by atoms with E-state index in [9.17, 15) is 0 Å². The van der Waals surface area contributed by atoms with Crippen LogP contribution in [0.4, 0.5) is 0 Å². The molecule has 0 aromatic rings. The number of hydrogen-bond donors (Lipinski definition) is 1. The van der Waals surface area contributed by atoms with Crippen molar-refractivity contribution >= 4 is 0 Å². The lowest BCUT2D eigenvalue weighted by Gasteiger charge is -2.48. The van der Waals surface area contributed by atoms with E-state index in [0.717, 1.165) is 17.9 Å². The van der Waals surface area contributed by atoms with Gasteiger partial charge in [0, 0.05) is 18.1 Å². The summed E-state index contributed by atoms with van der Waals surface area (Å²) in [5.41, 5.74) is 6.92. The van der Waals surface area contributed by atoms with Gasteiger partial charge < -0.3 is 5.73 Å². The van der Waals surface area contributed by atoms with Gasteiger partial charge in [-0.25, -0.2) is 0 Å². The fourth-order valence-electron chi connectivity index (χ4n) is 4.57. The lowest BCUT2D eigenvalue weighted by Crippen LogP contribution is -2.55. The zero-order chi connectivity index (χ0) is 14.9. The molecule has 0 aromatic carbocycles. The molecule has 0 saturated heterocycles. The van der Waals surface area contributed by atoms with E-state index in [1.54, 1.807) is 0 Å². The standard InChI is InChI=1S/C18H36N2/c1-13-8-6-7-9-16(13)20(5)17-12-14(18(2,3)4)10-11-15(17)19/h13-17H,6-12,19H2,1-5H3. The van der Waals surface area contributed by atoms with Crippen molar-refractivity contribution in [2.75, 3.05) is 7.05 Å². The second-order valence-electron chi connectivity index (χ2n) is 8.60. The number of nitrogens with two attached hydrogens (primary N) is 1. The molecule has 0 spiro atoms. The molecule has 2 heteroatoms. The fraction of sp³-hybridized carbons (Fsp3) is 1.00. The molecule has 0 aliphatic heterocycles. The Morgan fingerprint density at radius 1 is 0.950 bits per heavy atom. The van der Waals surface area contributed by atoms with Crippen LogP contribution >= 0.6 is 0 Å². The molecular weight excluding hydrogens is 244 g/mol. The van der Waals surface area contributed by atoms with Gasteiger partial charge in [-0.1, -0.05) is 40.5 Å². The Bertz CT molecular complexity index is 307. The van der Waals surface area contributed by atoms with E-state index in [-0.39, 0.29) is 0 Å². The molecule has 0 bridgehead atoms. The number of nitrogens with zero attached hydrogens (tertiary/aromatic N) is 1. The molecular formula is C18H36N2. The first-order valence-electron chi connectivity index (χ1n) is 8.78. The van der Waals surface area contributed by atoms with E-state index in [1.165, 1.54) is 44.9 Å². The molecule has 2 fully saturated rings. The Morgan fingerprint density at radius 3 is 2.20 bits per heavy atom. The van der Waals surface area contributed by atoms with Gasteiger partial charge in [0.2, 0.25) is 0 Å². The molecule has 2 nitrogen and oxygen atoms in total. The molecule has 0 aromatic heterocycles. The molecule has 0 heterocycles. The normalized spacial score (nSPS) is 40.0. The van der Waals surface area contributed by atoms with Crippen LogP contribution in [0.2, 0.25) is 0 Å². The van der Waals surface area contributed by atoms with E-state index < -0.39 is 0 Å². The summed E-state index contributed by atoms with van der Waals surface area (Å²) in [5.74, 6) is 1.67. The number of likely N-dealkylation sites (N-methyl/N-ethyl adjacent to an activating group) is 1. The van der Waals surface area contributed by atoms with Crippen LogP contribution in [0.15, 0.2) is 0 Å². The summed E-state index contributed by atoms with van der Waals surface area (Å²) in [7, 11) is 2.35. The van der Waals surface area contributed by atoms with Gasteiger partial charge in [0.05, 0.1) is 0 Å². The van der Waals surface area contributed by atoms with E-state index >= 15 is 0 Å². The fourth-order valence-corrected chi connectivity index (χ4v) is 4.57. The quantitative estimate of drug-likeness (QED) is 0.827. The minimum absolute atomic E-state index is 0.382. The third-order valence-electron chi connectivity index (χ3n) is 6.21. The molecule has 2 aliphatic rings. The van der Waals surface area contributed by atoms with Crippen molar-refractivity contribution in [1.29, 1.82) is 0 Å². The average molecular weight is 280 g/mol. The Labute approximate surface area is 126 Å². The molecule has 2 saturated carbocycles. The number of hydrogen-bond acceptors (Lipinski definition) is 2. The van der Waals surface area contributed by atoms with Crippen molar-refractivity contribution in [1.82, 2.24) is 4.90 Å². The van der Waals surface area contributed by atoms with Crippen molar-refractivity contribution in [2.24, 2.45) is 23.0 Å². The van der Waals surface area contributed by atoms with Gasteiger partial charge in [-0.15, -0.1) is 0 Å². The zero-order valence-electron chi connectivity index (χ0n) is 14.4. The zero-order valence-corrected chi connectivity index (χ0v) is 14.4. The molecule has 0 radical (unpaired) electrons. The van der Waals surface area contributed by atoms with Gasteiger partial charge in [-0.05, 0) is 56.4 Å². The molecule has 118 valence electrons. The third-order valence-corrected chi connectivity index (χ3v) is 6.21. The van der Waals surface area contributed by atoms with Crippen LogP contribution in [0, 0.1) is 17.3 Å². The highest BCUT2D eigenvalue weighted by atomic mass is 15.2. The lowest BCUT2D eigenvalue weighted by atomic mass is 9.69. The van der Waals surface area contributed by atoms with Crippen molar-refractivity contribution in [3.63, 3.8) is 0 Å². The van der Waals surface area contributed by atoms with Crippen LogP contribution < -0.4 is 5.73 Å². The van der Waals surface area contributed by atoms with Crippen molar-refractivity contribution < 1.29 is 0 Å². The molecule has 2 N–H and O–H groups in total. The minimum atomic E-state index is 0.382. The Kier molecular flexibility index (Phi) is 5.18. The maximum atomic E-state index is 6.50. The summed E-state index contributed by atoms with van der Waals surface area (Å²) < 4.78 is 0. The predicted octanol–water partition coefficient (Wildman–Crippen LogP) is 4.04. The Hall–Kier alpha value is -0.0800. The van der Waals surface area contributed by atoms with Gasteiger partial charge in [0.15, 0.2) is 0 Å². The van der Waals surface area contributed by atoms with Crippen LogP contribution in [0.3, 0.4) is 0 Å². The van der Waals surface area contributed by atoms with Crippen LogP contribution in [0.5, 0.6) is 0 Å². The van der Waals surface area contributed by atoms with Crippen molar-refractivity contribution in [3.8, 4) is 0 Å².